The molecule has 3 aromatic carbocycles. The van der Waals surface area contributed by atoms with Crippen LogP contribution in [-0.4, -0.2) is 17.9 Å². The molecule has 0 saturated heterocycles. The van der Waals surface area contributed by atoms with Gasteiger partial charge in [-0.15, -0.1) is 0 Å². The molecule has 0 spiro atoms. The average molecular weight is 739 g/mol. The molecule has 0 bridgehead atoms. The van der Waals surface area contributed by atoms with Gasteiger partial charge in [0, 0.05) is 25.4 Å². The van der Waals surface area contributed by atoms with E-state index in [1.807, 2.05) is 24.3 Å². The molecule has 1 nitrogen and oxygen atoms in total. The number of hydrogen-bond donors (Lipinski definition) is 1. The Kier molecular flexibility index (Phi) is 16.3. The SMILES string of the molecule is CC(C)c1cc(C(C)C)c(-c2ccccc2P(C2CCCCC2)C2CCCCC2)c(C(C)C)c1.NCCc1ccccc1Cl.[Pd]. The molecule has 0 unspecified atom stereocenters. The molecule has 5 rings (SSSR count). The standard InChI is InChI=1S/C33H49P.C8H10ClN.Pd/c1-23(2)26-21-30(24(3)4)33(31(22-26)25(5)6)29-19-13-14-20-32(29)34(27-15-9-7-10-16-27)28-17-11-8-12-18-28;9-8-4-2-1-3-7(8)5-6-10;/h13-14,19-25,27-28H,7-12,15-18H2,1-6H3;1-4H,5-6,10H2;. The van der Waals surface area contributed by atoms with Crippen molar-refractivity contribution in [2.75, 3.05) is 6.54 Å². The molecule has 0 aromatic heterocycles. The third-order valence-electron chi connectivity index (χ3n) is 9.89. The van der Waals surface area contributed by atoms with Gasteiger partial charge in [0.15, 0.2) is 0 Å². The van der Waals surface area contributed by atoms with Crippen molar-refractivity contribution in [2.24, 2.45) is 5.73 Å². The Morgan fingerprint density at radius 2 is 1.18 bits per heavy atom. The first-order chi connectivity index (χ1) is 21.2. The van der Waals surface area contributed by atoms with E-state index in [1.54, 1.807) is 27.6 Å². The van der Waals surface area contributed by atoms with Crippen LogP contribution in [0.2, 0.25) is 5.02 Å². The van der Waals surface area contributed by atoms with Gasteiger partial charge in [-0.2, -0.15) is 0 Å². The maximum absolute atomic E-state index is 5.85. The van der Waals surface area contributed by atoms with Crippen LogP contribution in [0.4, 0.5) is 0 Å². The van der Waals surface area contributed by atoms with E-state index in [9.17, 15) is 0 Å². The Labute approximate surface area is 296 Å². The summed E-state index contributed by atoms with van der Waals surface area (Å²) in [6.45, 7) is 15.0. The van der Waals surface area contributed by atoms with Gasteiger partial charge >= 0.3 is 0 Å². The zero-order valence-corrected chi connectivity index (χ0v) is 32.1. The largest absolute Gasteiger partial charge is 0.330 e. The summed E-state index contributed by atoms with van der Waals surface area (Å²) in [5.74, 6) is 1.64. The van der Waals surface area contributed by atoms with Crippen molar-refractivity contribution < 1.29 is 20.4 Å². The van der Waals surface area contributed by atoms with E-state index in [0.717, 1.165) is 28.3 Å². The Morgan fingerprint density at radius 1 is 0.689 bits per heavy atom. The van der Waals surface area contributed by atoms with E-state index < -0.39 is 0 Å². The summed E-state index contributed by atoms with van der Waals surface area (Å²) in [6, 6.07) is 22.6. The molecule has 0 heterocycles. The predicted molar refractivity (Wildman–Crippen MR) is 199 cm³/mol. The summed E-state index contributed by atoms with van der Waals surface area (Å²) < 4.78 is 0. The number of rotatable bonds is 9. The van der Waals surface area contributed by atoms with Crippen molar-refractivity contribution in [3.63, 3.8) is 0 Å². The van der Waals surface area contributed by atoms with E-state index in [-0.39, 0.29) is 28.3 Å². The van der Waals surface area contributed by atoms with Gasteiger partial charge in [0.2, 0.25) is 0 Å². The van der Waals surface area contributed by atoms with Crippen LogP contribution in [0.15, 0.2) is 60.7 Å². The number of hydrogen-bond acceptors (Lipinski definition) is 1. The van der Waals surface area contributed by atoms with Crippen LogP contribution >= 0.6 is 19.5 Å². The molecule has 2 aliphatic rings. The number of halogens is 1. The first-order valence-electron chi connectivity index (χ1n) is 17.7. The third-order valence-corrected chi connectivity index (χ3v) is 13.8. The van der Waals surface area contributed by atoms with Crippen LogP contribution in [0.1, 0.15) is 146 Å². The summed E-state index contributed by atoms with van der Waals surface area (Å²) in [7, 11) is -0.120. The molecule has 3 aromatic rings. The Morgan fingerprint density at radius 3 is 1.64 bits per heavy atom. The van der Waals surface area contributed by atoms with Crippen LogP contribution in [0.3, 0.4) is 0 Å². The molecule has 0 atom stereocenters. The summed E-state index contributed by atoms with van der Waals surface area (Å²) in [5.41, 5.74) is 16.2. The molecule has 2 saturated carbocycles. The summed E-state index contributed by atoms with van der Waals surface area (Å²) >= 11 is 5.85. The van der Waals surface area contributed by atoms with Crippen LogP contribution in [0.25, 0.3) is 11.1 Å². The van der Waals surface area contributed by atoms with Crippen molar-refractivity contribution in [3.8, 4) is 11.1 Å². The van der Waals surface area contributed by atoms with Gasteiger partial charge in [-0.1, -0.05) is 154 Å². The average Bonchev–Trinajstić information content (AvgIpc) is 3.03. The fourth-order valence-electron chi connectivity index (χ4n) is 7.44. The minimum absolute atomic E-state index is 0. The first-order valence-corrected chi connectivity index (χ1v) is 19.6. The minimum atomic E-state index is -0.120. The van der Waals surface area contributed by atoms with E-state index >= 15 is 0 Å². The molecule has 2 fully saturated rings. The summed E-state index contributed by atoms with van der Waals surface area (Å²) in [6.07, 6.45) is 15.5. The predicted octanol–water partition coefficient (Wildman–Crippen LogP) is 12.3. The molecule has 45 heavy (non-hydrogen) atoms. The van der Waals surface area contributed by atoms with E-state index in [1.165, 1.54) is 69.8 Å². The number of nitrogens with two attached hydrogens (primary N) is 1. The molecule has 250 valence electrons. The topological polar surface area (TPSA) is 26.0 Å². The minimum Gasteiger partial charge on any atom is -0.330 e. The molecule has 2 aliphatic carbocycles. The van der Waals surface area contributed by atoms with Gasteiger partial charge in [-0.05, 0) is 112 Å². The maximum atomic E-state index is 5.85. The van der Waals surface area contributed by atoms with Crippen LogP contribution < -0.4 is 11.0 Å². The van der Waals surface area contributed by atoms with Crippen molar-refractivity contribution in [2.45, 2.75) is 141 Å². The van der Waals surface area contributed by atoms with Crippen molar-refractivity contribution in [1.82, 2.24) is 0 Å². The van der Waals surface area contributed by atoms with Gasteiger partial charge in [0.25, 0.3) is 0 Å². The van der Waals surface area contributed by atoms with Gasteiger partial charge in [0.05, 0.1) is 0 Å². The fraction of sp³-hybridized carbons (Fsp3) is 0.561. The molecule has 4 heteroatoms. The monoisotopic (exact) mass is 737 g/mol. The van der Waals surface area contributed by atoms with E-state index in [4.69, 9.17) is 17.3 Å². The maximum Gasteiger partial charge on any atom is 0.0438 e. The Bertz CT molecular complexity index is 1260. The number of benzene rings is 3. The van der Waals surface area contributed by atoms with Crippen molar-refractivity contribution in [3.05, 3.63) is 87.9 Å². The molecule has 2 N–H and O–H groups in total. The van der Waals surface area contributed by atoms with E-state index in [0.29, 0.717) is 24.3 Å². The van der Waals surface area contributed by atoms with Crippen LogP contribution in [0.5, 0.6) is 0 Å². The Balaban J connectivity index is 0.000000429. The van der Waals surface area contributed by atoms with Gasteiger partial charge < -0.3 is 5.73 Å². The van der Waals surface area contributed by atoms with Gasteiger partial charge in [-0.25, -0.2) is 0 Å². The second kappa shape index (κ2) is 19.1. The van der Waals surface area contributed by atoms with Crippen LogP contribution in [0, 0.1) is 0 Å². The van der Waals surface area contributed by atoms with Crippen LogP contribution in [-0.2, 0) is 26.8 Å². The van der Waals surface area contributed by atoms with E-state index in [2.05, 4.69) is 77.9 Å². The molecule has 0 radical (unpaired) electrons. The second-order valence-electron chi connectivity index (χ2n) is 14.2. The Hall–Kier alpha value is -0.998. The fourth-order valence-corrected chi connectivity index (χ4v) is 11.6. The third kappa shape index (κ3) is 10.2. The zero-order chi connectivity index (χ0) is 31.6. The summed E-state index contributed by atoms with van der Waals surface area (Å²) in [5, 5.41) is 2.56. The normalized spacial score (nSPS) is 16.2. The first kappa shape index (κ1) is 38.5. The van der Waals surface area contributed by atoms with Crippen molar-refractivity contribution >= 4 is 24.8 Å². The van der Waals surface area contributed by atoms with Crippen molar-refractivity contribution in [1.29, 1.82) is 0 Å². The second-order valence-corrected chi connectivity index (χ2v) is 17.3. The molecule has 0 aliphatic heterocycles. The quantitative estimate of drug-likeness (QED) is 0.172. The smallest absolute Gasteiger partial charge is 0.0438 e. The molecular weight excluding hydrogens is 679 g/mol. The molecule has 0 amide bonds. The van der Waals surface area contributed by atoms with Gasteiger partial charge in [-0.3, -0.25) is 0 Å². The summed E-state index contributed by atoms with van der Waals surface area (Å²) in [4.78, 5) is 0. The zero-order valence-electron chi connectivity index (χ0n) is 28.9. The van der Waals surface area contributed by atoms with Gasteiger partial charge in [0.1, 0.15) is 0 Å². The molecular formula is C41H59ClNPPd.